The summed E-state index contributed by atoms with van der Waals surface area (Å²) in [5.41, 5.74) is 3.93. The molecule has 0 saturated heterocycles. The molecular formula is C19H20N4O2. The molecule has 0 bridgehead atoms. The Labute approximate surface area is 145 Å². The maximum Gasteiger partial charge on any atom is 0.253 e. The van der Waals surface area contributed by atoms with Crippen molar-refractivity contribution in [1.82, 2.24) is 20.1 Å². The van der Waals surface area contributed by atoms with Crippen molar-refractivity contribution >= 4 is 16.9 Å². The van der Waals surface area contributed by atoms with Gasteiger partial charge in [0.1, 0.15) is 0 Å². The van der Waals surface area contributed by atoms with Crippen LogP contribution in [0.2, 0.25) is 0 Å². The summed E-state index contributed by atoms with van der Waals surface area (Å²) < 4.78 is 1.81. The number of aliphatic hydroxyl groups is 1. The Bertz CT molecular complexity index is 963. The van der Waals surface area contributed by atoms with E-state index in [9.17, 15) is 9.90 Å². The smallest absolute Gasteiger partial charge is 0.253 e. The molecule has 0 fully saturated rings. The van der Waals surface area contributed by atoms with Gasteiger partial charge < -0.3 is 10.4 Å². The first-order valence-corrected chi connectivity index (χ1v) is 8.48. The van der Waals surface area contributed by atoms with Crippen molar-refractivity contribution in [3.8, 4) is 0 Å². The Kier molecular flexibility index (Phi) is 3.77. The minimum absolute atomic E-state index is 0.215. The molecule has 2 atom stereocenters. The van der Waals surface area contributed by atoms with E-state index in [1.54, 1.807) is 10.9 Å². The maximum absolute atomic E-state index is 12.7. The highest BCUT2D eigenvalue weighted by atomic mass is 16.3. The van der Waals surface area contributed by atoms with Crippen molar-refractivity contribution < 1.29 is 9.90 Å². The average molecular weight is 336 g/mol. The first-order valence-electron chi connectivity index (χ1n) is 8.48. The number of carbonyl (C=O) groups is 1. The van der Waals surface area contributed by atoms with Crippen LogP contribution in [0.15, 0.2) is 36.5 Å². The van der Waals surface area contributed by atoms with Gasteiger partial charge in [-0.3, -0.25) is 4.79 Å². The number of pyridine rings is 1. The summed E-state index contributed by atoms with van der Waals surface area (Å²) >= 11 is 0. The Morgan fingerprint density at radius 2 is 2.20 bits per heavy atom. The van der Waals surface area contributed by atoms with Gasteiger partial charge in [0.25, 0.3) is 5.91 Å². The molecule has 4 rings (SSSR count). The van der Waals surface area contributed by atoms with E-state index in [1.165, 1.54) is 0 Å². The van der Waals surface area contributed by atoms with E-state index >= 15 is 0 Å². The van der Waals surface area contributed by atoms with Gasteiger partial charge in [0.05, 0.1) is 29.6 Å². The monoisotopic (exact) mass is 336 g/mol. The molecule has 0 spiro atoms. The van der Waals surface area contributed by atoms with Crippen molar-refractivity contribution in [1.29, 1.82) is 0 Å². The number of nitrogens with zero attached hydrogens (tertiary/aromatic N) is 3. The number of hydrogen-bond acceptors (Lipinski definition) is 4. The predicted molar refractivity (Wildman–Crippen MR) is 94.3 cm³/mol. The molecule has 6 nitrogen and oxygen atoms in total. The van der Waals surface area contributed by atoms with E-state index in [4.69, 9.17) is 0 Å². The quantitative estimate of drug-likeness (QED) is 0.768. The second-order valence-corrected chi connectivity index (χ2v) is 6.42. The van der Waals surface area contributed by atoms with E-state index in [2.05, 4.69) is 15.4 Å². The fourth-order valence-electron chi connectivity index (χ4n) is 3.51. The van der Waals surface area contributed by atoms with Crippen LogP contribution in [0.1, 0.15) is 40.2 Å². The van der Waals surface area contributed by atoms with Crippen molar-refractivity contribution in [2.75, 3.05) is 0 Å². The minimum Gasteiger partial charge on any atom is -0.386 e. The van der Waals surface area contributed by atoms with E-state index < -0.39 is 6.10 Å². The topological polar surface area (TPSA) is 80.0 Å². The fraction of sp³-hybridized carbons (Fsp3) is 0.316. The van der Waals surface area contributed by atoms with E-state index in [0.29, 0.717) is 17.7 Å². The number of nitrogens with one attached hydrogen (secondary N) is 1. The lowest BCUT2D eigenvalue weighted by Crippen LogP contribution is -2.38. The zero-order chi connectivity index (χ0) is 17.6. The van der Waals surface area contributed by atoms with Gasteiger partial charge in [-0.05, 0) is 37.5 Å². The number of aliphatic hydroxyl groups excluding tert-OH is 1. The zero-order valence-corrected chi connectivity index (χ0v) is 14.2. The lowest BCUT2D eigenvalue weighted by atomic mass is 10.1. The van der Waals surface area contributed by atoms with E-state index in [1.807, 2.05) is 44.2 Å². The Hall–Kier alpha value is -2.73. The van der Waals surface area contributed by atoms with Gasteiger partial charge in [0, 0.05) is 11.9 Å². The number of hydrogen-bond donors (Lipinski definition) is 2. The fourth-order valence-corrected chi connectivity index (χ4v) is 3.51. The second-order valence-electron chi connectivity index (χ2n) is 6.42. The summed E-state index contributed by atoms with van der Waals surface area (Å²) in [7, 11) is 0. The SMILES string of the molecule is CCn1ncc2cc(C(=O)N[C@H]3Cc4ccccc4[C@H]3O)c(C)nc21. The largest absolute Gasteiger partial charge is 0.386 e. The lowest BCUT2D eigenvalue weighted by Gasteiger charge is -2.17. The summed E-state index contributed by atoms with van der Waals surface area (Å²) in [5.74, 6) is -0.215. The first-order chi connectivity index (χ1) is 12.1. The molecule has 6 heteroatoms. The van der Waals surface area contributed by atoms with Crippen LogP contribution in [0.3, 0.4) is 0 Å². The number of rotatable bonds is 3. The summed E-state index contributed by atoms with van der Waals surface area (Å²) in [5, 5.41) is 18.6. The maximum atomic E-state index is 12.7. The van der Waals surface area contributed by atoms with Gasteiger partial charge in [0.2, 0.25) is 0 Å². The van der Waals surface area contributed by atoms with Crippen molar-refractivity contribution in [3.05, 3.63) is 58.9 Å². The first kappa shape index (κ1) is 15.8. The molecule has 1 aliphatic rings. The van der Waals surface area contributed by atoms with Crippen LogP contribution in [-0.2, 0) is 13.0 Å². The minimum atomic E-state index is -0.681. The van der Waals surface area contributed by atoms with Crippen LogP contribution < -0.4 is 5.32 Å². The van der Waals surface area contributed by atoms with Gasteiger partial charge in [0.15, 0.2) is 5.65 Å². The van der Waals surface area contributed by atoms with Crippen molar-refractivity contribution in [2.45, 2.75) is 39.0 Å². The molecule has 1 amide bonds. The molecule has 0 aliphatic heterocycles. The van der Waals surface area contributed by atoms with Crippen LogP contribution in [0.25, 0.3) is 11.0 Å². The molecule has 1 aromatic carbocycles. The summed E-state index contributed by atoms with van der Waals surface area (Å²) in [6, 6.07) is 9.24. The third-order valence-corrected chi connectivity index (χ3v) is 4.86. The summed E-state index contributed by atoms with van der Waals surface area (Å²) in [4.78, 5) is 17.3. The van der Waals surface area contributed by atoms with Gasteiger partial charge in [-0.2, -0.15) is 5.10 Å². The van der Waals surface area contributed by atoms with E-state index in [-0.39, 0.29) is 11.9 Å². The molecular weight excluding hydrogens is 316 g/mol. The number of amides is 1. The van der Waals surface area contributed by atoms with Crippen molar-refractivity contribution in [3.63, 3.8) is 0 Å². The Morgan fingerprint density at radius 1 is 1.40 bits per heavy atom. The second kappa shape index (κ2) is 5.97. The molecule has 3 aromatic rings. The van der Waals surface area contributed by atoms with Gasteiger partial charge in [-0.15, -0.1) is 0 Å². The molecule has 2 heterocycles. The molecule has 0 saturated carbocycles. The van der Waals surface area contributed by atoms with Crippen molar-refractivity contribution in [2.24, 2.45) is 0 Å². The summed E-state index contributed by atoms with van der Waals surface area (Å²) in [6.07, 6.45) is 1.67. The average Bonchev–Trinajstić information content (AvgIpc) is 3.15. The van der Waals surface area contributed by atoms with Crippen LogP contribution >= 0.6 is 0 Å². The third-order valence-electron chi connectivity index (χ3n) is 4.86. The highest BCUT2D eigenvalue weighted by Gasteiger charge is 2.32. The number of carbonyl (C=O) groups excluding carboxylic acids is 1. The number of fused-ring (bicyclic) bond motifs is 2. The molecule has 128 valence electrons. The molecule has 25 heavy (non-hydrogen) atoms. The zero-order valence-electron chi connectivity index (χ0n) is 14.2. The van der Waals surface area contributed by atoms with E-state index in [0.717, 1.165) is 28.7 Å². The van der Waals surface area contributed by atoms with Gasteiger partial charge in [-0.1, -0.05) is 24.3 Å². The van der Waals surface area contributed by atoms with Gasteiger partial charge in [-0.25, -0.2) is 9.67 Å². The normalized spacial score (nSPS) is 19.2. The number of aryl methyl sites for hydroxylation is 2. The van der Waals surface area contributed by atoms with Crippen LogP contribution in [0, 0.1) is 6.92 Å². The number of benzene rings is 1. The highest BCUT2D eigenvalue weighted by molar-refractivity contribution is 5.98. The Balaban J connectivity index is 1.60. The van der Waals surface area contributed by atoms with Crippen LogP contribution in [0.5, 0.6) is 0 Å². The number of aromatic nitrogens is 3. The molecule has 1 aliphatic carbocycles. The molecule has 2 aromatic heterocycles. The highest BCUT2D eigenvalue weighted by Crippen LogP contribution is 2.31. The van der Waals surface area contributed by atoms with Gasteiger partial charge >= 0.3 is 0 Å². The van der Waals surface area contributed by atoms with Crippen LogP contribution in [0.4, 0.5) is 0 Å². The Morgan fingerprint density at radius 3 is 2.96 bits per heavy atom. The standard InChI is InChI=1S/C19H20N4O2/c1-3-23-18-13(10-20-23)8-15(11(2)21-18)19(25)22-16-9-12-6-4-5-7-14(12)17(16)24/h4-8,10,16-17,24H,3,9H2,1-2H3,(H,22,25)/t16-,17+/m0/s1. The third kappa shape index (κ3) is 2.59. The summed E-state index contributed by atoms with van der Waals surface area (Å²) in [6.45, 7) is 4.55. The van der Waals surface area contributed by atoms with Crippen LogP contribution in [-0.4, -0.2) is 31.8 Å². The lowest BCUT2D eigenvalue weighted by molar-refractivity contribution is 0.0857. The molecule has 2 N–H and O–H groups in total. The predicted octanol–water partition coefficient (Wildman–Crippen LogP) is 2.15. The molecule has 0 unspecified atom stereocenters. The molecule has 0 radical (unpaired) electrons.